The van der Waals surface area contributed by atoms with Crippen LogP contribution in [0.3, 0.4) is 0 Å². The Morgan fingerprint density at radius 3 is 0.154 bits per heavy atom. The third-order valence-corrected chi connectivity index (χ3v) is 0. The molecular weight excluding hydrogens is 509 g/mol. The Kier molecular flexibility index (Phi) is 1530. The van der Waals surface area contributed by atoms with Crippen molar-refractivity contribution in [3.63, 3.8) is 0 Å². The number of rotatable bonds is 0. The van der Waals surface area contributed by atoms with Crippen LogP contribution in [0.1, 0.15) is 0 Å². The van der Waals surface area contributed by atoms with E-state index in [1.807, 2.05) is 0 Å². The summed E-state index contributed by atoms with van der Waals surface area (Å²) in [6.45, 7) is 0. The van der Waals surface area contributed by atoms with Crippen LogP contribution in [0.2, 0.25) is 0 Å². The van der Waals surface area contributed by atoms with Gasteiger partial charge in [0.25, 0.3) is 0 Å². The third kappa shape index (κ3) is 116. The Morgan fingerprint density at radius 1 is 0.154 bits per heavy atom. The summed E-state index contributed by atoms with van der Waals surface area (Å²) in [7, 11) is 0. The van der Waals surface area contributed by atoms with Gasteiger partial charge in [0.05, 0.1) is 0 Å². The molecule has 0 saturated carbocycles. The van der Waals surface area contributed by atoms with Gasteiger partial charge in [-0.3, -0.25) is 0 Å². The van der Waals surface area contributed by atoms with E-state index in [-0.39, 0.29) is 221 Å². The largest absolute Gasteiger partial charge is 0.187 e. The van der Waals surface area contributed by atoms with E-state index in [2.05, 4.69) is 0 Å². The van der Waals surface area contributed by atoms with Crippen molar-refractivity contribution >= 4 is 139 Å². The summed E-state index contributed by atoms with van der Waals surface area (Å²) in [5.74, 6) is 0. The molecule has 0 rings (SSSR count). The van der Waals surface area contributed by atoms with E-state index in [1.54, 1.807) is 0 Å². The zero-order valence-corrected chi connectivity index (χ0v) is 6.52. The average Bonchev–Trinajstić information content (AvgIpc) is 0. The molecule has 13 heavy (non-hydrogen) atoms. The Balaban J connectivity index is 0. The molecule has 0 saturated heterocycles. The summed E-state index contributed by atoms with van der Waals surface area (Å²) in [6.07, 6.45) is 0. The van der Waals surface area contributed by atoms with Crippen molar-refractivity contribution in [2.45, 2.75) is 0 Å². The summed E-state index contributed by atoms with van der Waals surface area (Å²) in [4.78, 5) is 0. The van der Waals surface area contributed by atoms with Gasteiger partial charge in [-0.05, 0) is 0 Å². The van der Waals surface area contributed by atoms with Crippen molar-refractivity contribution in [2.75, 3.05) is 0 Å². The summed E-state index contributed by atoms with van der Waals surface area (Å²) in [5.41, 5.74) is 0. The molecule has 0 nitrogen and oxygen atoms in total. The first-order valence-electron chi connectivity index (χ1n) is 0. The van der Waals surface area contributed by atoms with Gasteiger partial charge in [-0.25, -0.2) is 0 Å². The van der Waals surface area contributed by atoms with Crippen molar-refractivity contribution in [3.8, 4) is 0 Å². The molecule has 0 spiro atoms. The monoisotopic (exact) mass is 530 g/mol. The molecule has 0 aromatic heterocycles. The summed E-state index contributed by atoms with van der Waals surface area (Å²) in [6, 6.07) is 0. The molecule has 0 aliphatic carbocycles. The van der Waals surface area contributed by atoms with Crippen molar-refractivity contribution < 1.29 is 82.5 Å². The quantitative estimate of drug-likeness (QED) is 0.272. The summed E-state index contributed by atoms with van der Waals surface area (Å²) < 4.78 is 0. The molecule has 0 heterocycles. The molecule has 0 fully saturated rings. The van der Waals surface area contributed by atoms with Crippen LogP contribution in [-0.4, -0.2) is 139 Å². The molecule has 0 aromatic carbocycles. The van der Waals surface area contributed by atoms with Crippen LogP contribution in [0.15, 0.2) is 0 Å². The molecular formula is H24Al8Ni5. The maximum Gasteiger partial charge on any atom is 0.187 e. The zero-order chi connectivity index (χ0) is 0. The Hall–Kier alpha value is 6.73. The molecule has 0 atom stereocenters. The average molecular weight is 534 g/mol. The summed E-state index contributed by atoms with van der Waals surface area (Å²) in [5, 5.41) is 0. The van der Waals surface area contributed by atoms with Gasteiger partial charge in [0.2, 0.25) is 0 Å². The fourth-order valence-corrected chi connectivity index (χ4v) is 0. The van der Waals surface area contributed by atoms with E-state index in [4.69, 9.17) is 0 Å². The second kappa shape index (κ2) is 130. The minimum atomic E-state index is 0. The van der Waals surface area contributed by atoms with Crippen molar-refractivity contribution in [2.24, 2.45) is 0 Å². The van der Waals surface area contributed by atoms with Gasteiger partial charge in [-0.1, -0.05) is 0 Å². The topological polar surface area (TPSA) is 0 Å². The van der Waals surface area contributed by atoms with Crippen LogP contribution in [-0.2, 0) is 82.5 Å². The van der Waals surface area contributed by atoms with E-state index < -0.39 is 0 Å². The van der Waals surface area contributed by atoms with E-state index in [9.17, 15) is 0 Å². The Bertz CT molecular complexity index is 12.5. The summed E-state index contributed by atoms with van der Waals surface area (Å²) >= 11 is 0. The molecule has 0 aliphatic rings. The Morgan fingerprint density at radius 2 is 0.154 bits per heavy atom. The maximum absolute atomic E-state index is 0. The predicted molar refractivity (Wildman–Crippen MR) is 79.5 cm³/mol. The standard InChI is InChI=1S/8Al.5Ni.24H. The van der Waals surface area contributed by atoms with Gasteiger partial charge < -0.3 is 0 Å². The van der Waals surface area contributed by atoms with Crippen molar-refractivity contribution in [1.29, 1.82) is 0 Å². The number of hydrogen-bond acceptors (Lipinski definition) is 0. The second-order valence-electron chi connectivity index (χ2n) is 0. The van der Waals surface area contributed by atoms with Crippen LogP contribution >= 0.6 is 0 Å². The van der Waals surface area contributed by atoms with E-state index >= 15 is 0 Å². The normalized spacial score (nSPS) is 0. The van der Waals surface area contributed by atoms with Crippen molar-refractivity contribution in [3.05, 3.63) is 0 Å². The minimum absolute atomic E-state index is 0. The molecule has 0 aromatic rings. The molecule has 13 heteroatoms. The van der Waals surface area contributed by atoms with Crippen LogP contribution in [0.4, 0.5) is 0 Å². The molecule has 0 amide bonds. The van der Waals surface area contributed by atoms with Crippen molar-refractivity contribution in [1.82, 2.24) is 0 Å². The fraction of sp³-hybridized carbons (Fsp3) is 0. The first-order chi connectivity index (χ1) is 0. The van der Waals surface area contributed by atoms with Gasteiger partial charge in [-0.2, -0.15) is 0 Å². The van der Waals surface area contributed by atoms with Crippen LogP contribution in [0, 0.1) is 0 Å². The van der Waals surface area contributed by atoms with E-state index in [0.717, 1.165) is 0 Å². The first-order valence-corrected chi connectivity index (χ1v) is 0. The van der Waals surface area contributed by atoms with Crippen LogP contribution in [0.25, 0.3) is 0 Å². The van der Waals surface area contributed by atoms with E-state index in [0.29, 0.717) is 0 Å². The molecule has 0 unspecified atom stereocenters. The van der Waals surface area contributed by atoms with Crippen LogP contribution in [0.5, 0.6) is 0 Å². The third-order valence-electron chi connectivity index (χ3n) is 0. The number of hydrogen-bond donors (Lipinski definition) is 0. The maximum atomic E-state index is 0. The molecule has 0 radical (unpaired) electrons. The zero-order valence-electron chi connectivity index (χ0n) is 1.58. The molecule has 98 valence electrons. The predicted octanol–water partition coefficient (Wildman–Crippen LogP) is -9.48. The molecule has 0 N–H and O–H groups in total. The van der Waals surface area contributed by atoms with E-state index in [1.165, 1.54) is 0 Å². The van der Waals surface area contributed by atoms with Crippen LogP contribution < -0.4 is 0 Å². The second-order valence-corrected chi connectivity index (χ2v) is 0. The van der Waals surface area contributed by atoms with Gasteiger partial charge in [0.1, 0.15) is 0 Å². The molecule has 0 bridgehead atoms. The van der Waals surface area contributed by atoms with Gasteiger partial charge in [0, 0.05) is 82.5 Å². The fourth-order valence-electron chi connectivity index (χ4n) is 0. The Labute approximate surface area is 217 Å². The van der Waals surface area contributed by atoms with Gasteiger partial charge in [0.15, 0.2) is 139 Å². The molecule has 0 aliphatic heterocycles. The smallest absolute Gasteiger partial charge is 0 e. The SMILES string of the molecule is [AlH3].[AlH3].[AlH3].[AlH3].[AlH3].[AlH3].[AlH3].[AlH3].[Ni].[Ni].[Ni].[Ni].[Ni]. The van der Waals surface area contributed by atoms with Gasteiger partial charge >= 0.3 is 0 Å². The first kappa shape index (κ1) is 153. The minimum Gasteiger partial charge on any atom is 0 e. The van der Waals surface area contributed by atoms with Gasteiger partial charge in [-0.15, -0.1) is 0 Å².